The Hall–Kier alpha value is -1.58. The van der Waals surface area contributed by atoms with E-state index in [0.29, 0.717) is 22.3 Å². The SMILES string of the molecule is CC(C)CSc1nc2c(CO)cc(Cl)cc2n2c(C(F)(F)F)nnc12. The number of halogens is 4. The van der Waals surface area contributed by atoms with Gasteiger partial charge in [-0.2, -0.15) is 13.2 Å². The van der Waals surface area contributed by atoms with Gasteiger partial charge in [0.05, 0.1) is 17.6 Å². The number of fused-ring (bicyclic) bond motifs is 3. The Balaban J connectivity index is 2.40. The molecule has 0 saturated heterocycles. The van der Waals surface area contributed by atoms with Gasteiger partial charge in [0.25, 0.3) is 0 Å². The van der Waals surface area contributed by atoms with E-state index in [1.165, 1.54) is 23.9 Å². The van der Waals surface area contributed by atoms with Crippen molar-refractivity contribution in [2.24, 2.45) is 5.92 Å². The summed E-state index contributed by atoms with van der Waals surface area (Å²) < 4.78 is 41.0. The molecule has 25 heavy (non-hydrogen) atoms. The molecule has 0 amide bonds. The Bertz CT molecular complexity index is 942. The second kappa shape index (κ2) is 6.62. The highest BCUT2D eigenvalue weighted by atomic mass is 35.5. The van der Waals surface area contributed by atoms with Gasteiger partial charge in [-0.1, -0.05) is 25.4 Å². The Morgan fingerprint density at radius 2 is 2.00 bits per heavy atom. The van der Waals surface area contributed by atoms with Gasteiger partial charge in [-0.15, -0.1) is 22.0 Å². The van der Waals surface area contributed by atoms with Crippen molar-refractivity contribution in [3.8, 4) is 0 Å². The van der Waals surface area contributed by atoms with Crippen LogP contribution in [0.1, 0.15) is 25.2 Å². The largest absolute Gasteiger partial charge is 0.452 e. The molecule has 1 N–H and O–H groups in total. The number of aromatic nitrogens is 4. The van der Waals surface area contributed by atoms with Crippen molar-refractivity contribution in [2.45, 2.75) is 31.7 Å². The van der Waals surface area contributed by atoms with Crippen LogP contribution >= 0.6 is 23.4 Å². The number of aliphatic hydroxyl groups excluding tert-OH is 1. The van der Waals surface area contributed by atoms with Gasteiger partial charge < -0.3 is 5.11 Å². The summed E-state index contributed by atoms with van der Waals surface area (Å²) in [5, 5.41) is 17.1. The zero-order valence-electron chi connectivity index (χ0n) is 13.3. The van der Waals surface area contributed by atoms with Crippen molar-refractivity contribution in [3.63, 3.8) is 0 Å². The maximum absolute atomic E-state index is 13.4. The third-order valence-electron chi connectivity index (χ3n) is 3.42. The third-order valence-corrected chi connectivity index (χ3v) is 5.02. The van der Waals surface area contributed by atoms with Crippen molar-refractivity contribution < 1.29 is 18.3 Å². The Labute approximate surface area is 150 Å². The molecule has 0 aliphatic carbocycles. The molecule has 0 radical (unpaired) electrons. The average molecular weight is 391 g/mol. The number of alkyl halides is 3. The fourth-order valence-electron chi connectivity index (χ4n) is 2.39. The summed E-state index contributed by atoms with van der Waals surface area (Å²) in [5.74, 6) is -0.174. The van der Waals surface area contributed by atoms with E-state index in [2.05, 4.69) is 15.2 Å². The smallest absolute Gasteiger partial charge is 0.392 e. The maximum Gasteiger partial charge on any atom is 0.452 e. The molecule has 10 heteroatoms. The van der Waals surface area contributed by atoms with Crippen LogP contribution in [0.2, 0.25) is 5.02 Å². The summed E-state index contributed by atoms with van der Waals surface area (Å²) in [6.45, 7) is 3.59. The van der Waals surface area contributed by atoms with Crippen molar-refractivity contribution in [3.05, 3.63) is 28.5 Å². The number of aliphatic hydroxyl groups is 1. The normalized spacial score (nSPS) is 12.6. The third kappa shape index (κ3) is 3.40. The summed E-state index contributed by atoms with van der Waals surface area (Å²) >= 11 is 7.30. The molecule has 5 nitrogen and oxygen atoms in total. The molecule has 0 aliphatic heterocycles. The first kappa shape index (κ1) is 18.2. The lowest BCUT2D eigenvalue weighted by molar-refractivity contribution is -0.145. The fraction of sp³-hybridized carbons (Fsp3) is 0.400. The van der Waals surface area contributed by atoms with Gasteiger partial charge in [0, 0.05) is 16.3 Å². The van der Waals surface area contributed by atoms with Crippen LogP contribution in [0, 0.1) is 5.92 Å². The number of thioether (sulfide) groups is 1. The van der Waals surface area contributed by atoms with Crippen LogP contribution in [-0.4, -0.2) is 30.4 Å². The zero-order valence-corrected chi connectivity index (χ0v) is 14.9. The molecule has 2 heterocycles. The minimum absolute atomic E-state index is 0.0247. The highest BCUT2D eigenvalue weighted by Gasteiger charge is 2.38. The number of nitrogens with zero attached hydrogens (tertiary/aromatic N) is 4. The maximum atomic E-state index is 13.4. The quantitative estimate of drug-likeness (QED) is 0.677. The molecule has 134 valence electrons. The van der Waals surface area contributed by atoms with E-state index in [1.807, 2.05) is 13.8 Å². The van der Waals surface area contributed by atoms with Gasteiger partial charge in [-0.25, -0.2) is 4.98 Å². The average Bonchev–Trinajstić information content (AvgIpc) is 2.97. The second-order valence-corrected chi connectivity index (χ2v) is 7.34. The van der Waals surface area contributed by atoms with E-state index in [1.54, 1.807) is 0 Å². The predicted molar refractivity (Wildman–Crippen MR) is 89.8 cm³/mol. The number of rotatable bonds is 4. The van der Waals surface area contributed by atoms with E-state index in [0.717, 1.165) is 4.40 Å². The topological polar surface area (TPSA) is 63.3 Å². The summed E-state index contributed by atoms with van der Waals surface area (Å²) in [6, 6.07) is 2.85. The van der Waals surface area contributed by atoms with Crippen LogP contribution in [0.25, 0.3) is 16.7 Å². The second-order valence-electron chi connectivity index (χ2n) is 5.89. The first-order valence-corrected chi connectivity index (χ1v) is 8.76. The first-order chi connectivity index (χ1) is 11.7. The van der Waals surface area contributed by atoms with Crippen molar-refractivity contribution >= 4 is 40.0 Å². The highest BCUT2D eigenvalue weighted by molar-refractivity contribution is 7.99. The van der Waals surface area contributed by atoms with E-state index < -0.39 is 18.6 Å². The van der Waals surface area contributed by atoms with Gasteiger partial charge in [0.15, 0.2) is 5.65 Å². The van der Waals surface area contributed by atoms with Crippen molar-refractivity contribution in [2.75, 3.05) is 5.75 Å². The summed E-state index contributed by atoms with van der Waals surface area (Å²) in [5.41, 5.74) is 0.725. The Morgan fingerprint density at radius 1 is 1.28 bits per heavy atom. The molecular formula is C15H14ClF3N4OS. The minimum atomic E-state index is -4.69. The van der Waals surface area contributed by atoms with E-state index >= 15 is 0 Å². The van der Waals surface area contributed by atoms with Crippen molar-refractivity contribution in [1.29, 1.82) is 0 Å². The van der Waals surface area contributed by atoms with E-state index in [-0.39, 0.29) is 21.7 Å². The Morgan fingerprint density at radius 3 is 2.60 bits per heavy atom. The van der Waals surface area contributed by atoms with Gasteiger partial charge in [-0.05, 0) is 18.1 Å². The first-order valence-electron chi connectivity index (χ1n) is 7.40. The van der Waals surface area contributed by atoms with Crippen LogP contribution < -0.4 is 0 Å². The Kier molecular flexibility index (Phi) is 4.82. The number of hydrogen-bond acceptors (Lipinski definition) is 5. The van der Waals surface area contributed by atoms with E-state index in [4.69, 9.17) is 11.6 Å². The highest BCUT2D eigenvalue weighted by Crippen LogP contribution is 2.35. The summed E-state index contributed by atoms with van der Waals surface area (Å²) in [6.07, 6.45) is -4.69. The zero-order chi connectivity index (χ0) is 18.4. The molecular weight excluding hydrogens is 377 g/mol. The van der Waals surface area contributed by atoms with Crippen LogP contribution in [0.5, 0.6) is 0 Å². The molecule has 0 bridgehead atoms. The molecule has 0 atom stereocenters. The van der Waals surface area contributed by atoms with Gasteiger partial charge in [0.2, 0.25) is 5.82 Å². The molecule has 0 saturated carbocycles. The molecule has 0 aliphatic rings. The molecule has 0 spiro atoms. The van der Waals surface area contributed by atoms with Crippen LogP contribution in [-0.2, 0) is 12.8 Å². The standard InChI is InChI=1S/C15H14ClF3N4OS/c1-7(2)6-25-13-12-21-22-14(15(17,18)19)23(12)10-4-9(16)3-8(5-24)11(10)20-13/h3-4,7,24H,5-6H2,1-2H3. The number of benzene rings is 1. The lowest BCUT2D eigenvalue weighted by atomic mass is 10.2. The molecule has 3 aromatic rings. The van der Waals surface area contributed by atoms with Gasteiger partial charge in [-0.3, -0.25) is 4.40 Å². The summed E-state index contributed by atoms with van der Waals surface area (Å²) in [7, 11) is 0. The van der Waals surface area contributed by atoms with E-state index in [9.17, 15) is 18.3 Å². The predicted octanol–water partition coefficient (Wildman–Crippen LogP) is 4.19. The van der Waals surface area contributed by atoms with Crippen LogP contribution in [0.15, 0.2) is 17.2 Å². The molecule has 1 aromatic carbocycles. The van der Waals surface area contributed by atoms with Gasteiger partial charge >= 0.3 is 6.18 Å². The number of hydrogen-bond donors (Lipinski definition) is 1. The van der Waals surface area contributed by atoms with Crippen molar-refractivity contribution in [1.82, 2.24) is 19.6 Å². The lowest BCUT2D eigenvalue weighted by Crippen LogP contribution is -2.12. The molecule has 0 unspecified atom stereocenters. The minimum Gasteiger partial charge on any atom is -0.392 e. The molecule has 3 rings (SSSR count). The van der Waals surface area contributed by atoms with Crippen LogP contribution in [0.4, 0.5) is 13.2 Å². The summed E-state index contributed by atoms with van der Waals surface area (Å²) in [4.78, 5) is 4.44. The van der Waals surface area contributed by atoms with Crippen LogP contribution in [0.3, 0.4) is 0 Å². The lowest BCUT2D eigenvalue weighted by Gasteiger charge is -2.12. The monoisotopic (exact) mass is 390 g/mol. The van der Waals surface area contributed by atoms with Gasteiger partial charge in [0.1, 0.15) is 5.03 Å². The fourth-order valence-corrected chi connectivity index (χ4v) is 3.53. The molecule has 0 fully saturated rings. The molecule has 2 aromatic heterocycles.